The van der Waals surface area contributed by atoms with E-state index >= 15 is 0 Å². The number of carboxylic acids is 1. The highest BCUT2D eigenvalue weighted by Gasteiger charge is 2.12. The van der Waals surface area contributed by atoms with E-state index in [4.69, 9.17) is 19.7 Å². The van der Waals surface area contributed by atoms with E-state index in [0.29, 0.717) is 35.5 Å². The molecule has 3 N–H and O–H groups in total. The number of rotatable bonds is 7. The molecular weight excluding hydrogens is 270 g/mol. The van der Waals surface area contributed by atoms with Crippen LogP contribution in [0.3, 0.4) is 0 Å². The van der Waals surface area contributed by atoms with E-state index in [0.717, 1.165) is 0 Å². The van der Waals surface area contributed by atoms with Crippen molar-refractivity contribution < 1.29 is 18.7 Å². The minimum absolute atomic E-state index is 0.336. The Morgan fingerprint density at radius 3 is 3.05 bits per heavy atom. The molecule has 0 aliphatic carbocycles. The van der Waals surface area contributed by atoms with Crippen LogP contribution in [0.5, 0.6) is 0 Å². The van der Waals surface area contributed by atoms with Gasteiger partial charge >= 0.3 is 5.97 Å². The number of carbonyl (C=O) groups is 1. The van der Waals surface area contributed by atoms with Gasteiger partial charge in [0.05, 0.1) is 12.0 Å². The zero-order valence-electron chi connectivity index (χ0n) is 9.98. The van der Waals surface area contributed by atoms with Crippen molar-refractivity contribution in [1.29, 1.82) is 0 Å². The Bertz CT molecular complexity index is 526. The number of nitrogens with zero attached hydrogens (tertiary/aromatic N) is 2. The van der Waals surface area contributed by atoms with Crippen LogP contribution in [-0.4, -0.2) is 33.1 Å². The second-order valence-electron chi connectivity index (χ2n) is 3.76. The fraction of sp³-hybridized carbons (Fsp3) is 0.364. The number of hydrogen-bond acceptors (Lipinski definition) is 7. The molecule has 0 aliphatic rings. The number of furan rings is 1. The van der Waals surface area contributed by atoms with E-state index in [1.807, 2.05) is 0 Å². The van der Waals surface area contributed by atoms with Crippen molar-refractivity contribution in [2.45, 2.75) is 18.2 Å². The van der Waals surface area contributed by atoms with Crippen LogP contribution in [0.1, 0.15) is 12.3 Å². The first-order valence-electron chi connectivity index (χ1n) is 5.59. The van der Waals surface area contributed by atoms with Gasteiger partial charge in [-0.25, -0.2) is 0 Å². The van der Waals surface area contributed by atoms with Crippen LogP contribution in [0, 0.1) is 0 Å². The van der Waals surface area contributed by atoms with E-state index in [-0.39, 0.29) is 0 Å². The molecule has 0 saturated heterocycles. The molecule has 0 saturated carbocycles. The molecule has 19 heavy (non-hydrogen) atoms. The van der Waals surface area contributed by atoms with Crippen molar-refractivity contribution in [2.75, 3.05) is 5.75 Å². The first kappa shape index (κ1) is 13.6. The number of hydrogen-bond donors (Lipinski definition) is 2. The van der Waals surface area contributed by atoms with Gasteiger partial charge in [-0.3, -0.25) is 4.79 Å². The maximum absolute atomic E-state index is 10.5. The first-order chi connectivity index (χ1) is 9.16. The Hall–Kier alpha value is -1.80. The molecular formula is C11H13N3O4S. The molecule has 0 aromatic carbocycles. The standard InChI is InChI=1S/C11H13N3O4S/c12-7(11(15)16)3-5-19-6-9-13-14-10(18-9)8-2-1-4-17-8/h1-2,4,7H,3,5-6,12H2,(H,15,16). The minimum Gasteiger partial charge on any atom is -0.480 e. The second-order valence-corrected chi connectivity index (χ2v) is 4.87. The molecule has 2 rings (SSSR count). The molecule has 1 atom stereocenters. The van der Waals surface area contributed by atoms with E-state index in [2.05, 4.69) is 10.2 Å². The largest absolute Gasteiger partial charge is 0.480 e. The van der Waals surface area contributed by atoms with E-state index in [1.165, 1.54) is 18.0 Å². The average Bonchev–Trinajstić information content (AvgIpc) is 3.04. The van der Waals surface area contributed by atoms with Crippen LogP contribution in [0.15, 0.2) is 27.2 Å². The lowest BCUT2D eigenvalue weighted by Gasteiger charge is -2.04. The lowest BCUT2D eigenvalue weighted by atomic mass is 10.2. The number of aromatic nitrogens is 2. The van der Waals surface area contributed by atoms with Crippen molar-refractivity contribution >= 4 is 17.7 Å². The molecule has 0 aliphatic heterocycles. The van der Waals surface area contributed by atoms with Crippen LogP contribution < -0.4 is 5.73 Å². The highest BCUT2D eigenvalue weighted by atomic mass is 32.2. The topological polar surface area (TPSA) is 115 Å². The second kappa shape index (κ2) is 6.39. The van der Waals surface area contributed by atoms with Gasteiger partial charge in [-0.05, 0) is 24.3 Å². The summed E-state index contributed by atoms with van der Waals surface area (Å²) in [5, 5.41) is 16.4. The summed E-state index contributed by atoms with van der Waals surface area (Å²) in [5.41, 5.74) is 5.39. The minimum atomic E-state index is -0.988. The molecule has 0 spiro atoms. The Morgan fingerprint density at radius 2 is 2.37 bits per heavy atom. The van der Waals surface area contributed by atoms with Crippen molar-refractivity contribution in [2.24, 2.45) is 5.73 Å². The van der Waals surface area contributed by atoms with Gasteiger partial charge < -0.3 is 19.7 Å². The van der Waals surface area contributed by atoms with Crippen molar-refractivity contribution in [3.63, 3.8) is 0 Å². The Kier molecular flexibility index (Phi) is 4.58. The summed E-state index contributed by atoms with van der Waals surface area (Å²) < 4.78 is 10.5. The predicted octanol–water partition coefficient (Wildman–Crippen LogP) is 1.36. The van der Waals surface area contributed by atoms with Gasteiger partial charge in [0, 0.05) is 0 Å². The first-order valence-corrected chi connectivity index (χ1v) is 6.74. The molecule has 1 unspecified atom stereocenters. The summed E-state index contributed by atoms with van der Waals surface area (Å²) >= 11 is 1.49. The highest BCUT2D eigenvalue weighted by Crippen LogP contribution is 2.20. The van der Waals surface area contributed by atoms with E-state index in [1.54, 1.807) is 12.1 Å². The monoisotopic (exact) mass is 283 g/mol. The molecule has 8 heteroatoms. The van der Waals surface area contributed by atoms with Gasteiger partial charge in [0.15, 0.2) is 5.76 Å². The number of thioether (sulfide) groups is 1. The van der Waals surface area contributed by atoms with Crippen molar-refractivity contribution in [3.05, 3.63) is 24.3 Å². The summed E-state index contributed by atoms with van der Waals surface area (Å²) in [6.45, 7) is 0. The number of carboxylic acid groups (broad SMARTS) is 1. The average molecular weight is 283 g/mol. The quantitative estimate of drug-likeness (QED) is 0.732. The molecule has 0 amide bonds. The molecule has 2 heterocycles. The van der Waals surface area contributed by atoms with E-state index < -0.39 is 12.0 Å². The third-order valence-corrected chi connectivity index (χ3v) is 3.29. The van der Waals surface area contributed by atoms with Crippen LogP contribution in [-0.2, 0) is 10.5 Å². The normalized spacial score (nSPS) is 12.5. The van der Waals surface area contributed by atoms with Crippen LogP contribution in [0.2, 0.25) is 0 Å². The zero-order chi connectivity index (χ0) is 13.7. The predicted molar refractivity (Wildman–Crippen MR) is 68.4 cm³/mol. The summed E-state index contributed by atoms with van der Waals surface area (Å²) in [4.78, 5) is 10.5. The SMILES string of the molecule is NC(CCSCc1nnc(-c2ccco2)o1)C(=O)O. The number of aliphatic carboxylic acids is 1. The fourth-order valence-corrected chi connectivity index (χ4v) is 2.16. The van der Waals surface area contributed by atoms with E-state index in [9.17, 15) is 4.79 Å². The summed E-state index contributed by atoms with van der Waals surface area (Å²) in [7, 11) is 0. The Labute approximate surface area is 113 Å². The highest BCUT2D eigenvalue weighted by molar-refractivity contribution is 7.98. The van der Waals surface area contributed by atoms with Gasteiger partial charge in [-0.2, -0.15) is 11.8 Å². The molecule has 0 fully saturated rings. The molecule has 7 nitrogen and oxygen atoms in total. The lowest BCUT2D eigenvalue weighted by molar-refractivity contribution is -0.138. The van der Waals surface area contributed by atoms with Gasteiger partial charge in [-0.1, -0.05) is 0 Å². The molecule has 0 radical (unpaired) electrons. The van der Waals surface area contributed by atoms with Crippen LogP contribution in [0.25, 0.3) is 11.7 Å². The van der Waals surface area contributed by atoms with Gasteiger partial charge in [-0.15, -0.1) is 10.2 Å². The zero-order valence-corrected chi connectivity index (χ0v) is 10.8. The van der Waals surface area contributed by atoms with Crippen LogP contribution in [0.4, 0.5) is 0 Å². The number of nitrogens with two attached hydrogens (primary N) is 1. The van der Waals surface area contributed by atoms with Gasteiger partial charge in [0.1, 0.15) is 6.04 Å². The smallest absolute Gasteiger partial charge is 0.320 e. The summed E-state index contributed by atoms with van der Waals surface area (Å²) in [6.07, 6.45) is 1.93. The Balaban J connectivity index is 1.77. The van der Waals surface area contributed by atoms with Gasteiger partial charge in [0.2, 0.25) is 5.89 Å². The lowest BCUT2D eigenvalue weighted by Crippen LogP contribution is -2.30. The Morgan fingerprint density at radius 1 is 1.53 bits per heavy atom. The summed E-state index contributed by atoms with van der Waals surface area (Å²) in [6, 6.07) is 2.64. The third kappa shape index (κ3) is 3.83. The molecule has 102 valence electrons. The van der Waals surface area contributed by atoms with Crippen molar-refractivity contribution in [1.82, 2.24) is 10.2 Å². The third-order valence-electron chi connectivity index (χ3n) is 2.31. The molecule has 2 aromatic heterocycles. The summed E-state index contributed by atoms with van der Waals surface area (Å²) in [5.74, 6) is 1.48. The molecule has 2 aromatic rings. The van der Waals surface area contributed by atoms with Crippen LogP contribution >= 0.6 is 11.8 Å². The maximum Gasteiger partial charge on any atom is 0.320 e. The van der Waals surface area contributed by atoms with Gasteiger partial charge in [0.25, 0.3) is 5.89 Å². The maximum atomic E-state index is 10.5. The molecule has 0 bridgehead atoms. The fourth-order valence-electron chi connectivity index (χ4n) is 1.31. The van der Waals surface area contributed by atoms with Crippen molar-refractivity contribution in [3.8, 4) is 11.7 Å².